The Bertz CT molecular complexity index is 484. The Hall–Kier alpha value is -0.780. The maximum atomic E-state index is 5.90. The molecule has 1 aromatic rings. The smallest absolute Gasteiger partial charge is 0.107 e. The molecule has 1 fully saturated rings. The van der Waals surface area contributed by atoms with Gasteiger partial charge >= 0.3 is 0 Å². The standard InChI is InChI=1S/C16H25N3S2/c1-12(11-19-8-3-4-9-19)10-18-13-6-5-7-14(21-2)15(13)16(17)20/h5-7,12,18H,3-4,8-11H2,1-2H3,(H2,17,20). The lowest BCUT2D eigenvalue weighted by molar-refractivity contribution is 0.294. The summed E-state index contributed by atoms with van der Waals surface area (Å²) in [4.78, 5) is 4.16. The van der Waals surface area contributed by atoms with Gasteiger partial charge in [0.05, 0.1) is 0 Å². The van der Waals surface area contributed by atoms with Gasteiger partial charge in [-0.25, -0.2) is 0 Å². The Labute approximate surface area is 137 Å². The predicted octanol–water partition coefficient (Wildman–Crippen LogP) is 3.19. The SMILES string of the molecule is CSc1cccc(NCC(C)CN2CCCC2)c1C(N)=S. The molecule has 0 saturated carbocycles. The lowest BCUT2D eigenvalue weighted by Crippen LogP contribution is -2.29. The van der Waals surface area contributed by atoms with E-state index in [2.05, 4.69) is 41.6 Å². The second-order valence-electron chi connectivity index (χ2n) is 5.74. The molecule has 3 N–H and O–H groups in total. The van der Waals surface area contributed by atoms with Gasteiger partial charge in [-0.1, -0.05) is 25.2 Å². The zero-order valence-electron chi connectivity index (χ0n) is 12.9. The van der Waals surface area contributed by atoms with Crippen LogP contribution in [0.4, 0.5) is 5.69 Å². The largest absolute Gasteiger partial charge is 0.389 e. The highest BCUT2D eigenvalue weighted by Crippen LogP contribution is 2.27. The number of anilines is 1. The summed E-state index contributed by atoms with van der Waals surface area (Å²) in [6.45, 7) is 6.92. The molecule has 2 rings (SSSR count). The van der Waals surface area contributed by atoms with Crippen LogP contribution in [0.15, 0.2) is 23.1 Å². The van der Waals surface area contributed by atoms with E-state index in [1.54, 1.807) is 11.8 Å². The summed E-state index contributed by atoms with van der Waals surface area (Å²) in [5.74, 6) is 0.611. The first-order valence-electron chi connectivity index (χ1n) is 7.55. The van der Waals surface area contributed by atoms with E-state index in [1.807, 2.05) is 0 Å². The molecule has 0 bridgehead atoms. The van der Waals surface area contributed by atoms with Gasteiger partial charge in [-0.05, 0) is 50.2 Å². The van der Waals surface area contributed by atoms with Crippen LogP contribution in [-0.2, 0) is 0 Å². The highest BCUT2D eigenvalue weighted by atomic mass is 32.2. The monoisotopic (exact) mass is 323 g/mol. The zero-order valence-corrected chi connectivity index (χ0v) is 14.5. The summed E-state index contributed by atoms with van der Waals surface area (Å²) < 4.78 is 0. The Morgan fingerprint density at radius 3 is 2.76 bits per heavy atom. The lowest BCUT2D eigenvalue weighted by atomic mass is 10.1. The van der Waals surface area contributed by atoms with Crippen LogP contribution in [0.3, 0.4) is 0 Å². The van der Waals surface area contributed by atoms with Crippen molar-refractivity contribution in [1.82, 2.24) is 4.90 Å². The van der Waals surface area contributed by atoms with Crippen molar-refractivity contribution in [2.45, 2.75) is 24.7 Å². The molecule has 0 spiro atoms. The molecule has 5 heteroatoms. The number of thiocarbonyl (C=S) groups is 1. The molecular formula is C16H25N3S2. The Morgan fingerprint density at radius 2 is 2.14 bits per heavy atom. The number of hydrogen-bond acceptors (Lipinski definition) is 4. The van der Waals surface area contributed by atoms with Crippen LogP contribution in [0.25, 0.3) is 0 Å². The number of nitrogens with two attached hydrogens (primary N) is 1. The van der Waals surface area contributed by atoms with E-state index in [1.165, 1.54) is 25.9 Å². The first-order chi connectivity index (χ1) is 10.1. The lowest BCUT2D eigenvalue weighted by Gasteiger charge is -2.22. The Kier molecular flexibility index (Phi) is 6.33. The molecule has 1 aliphatic rings. The topological polar surface area (TPSA) is 41.3 Å². The molecule has 1 unspecified atom stereocenters. The Balaban J connectivity index is 1.97. The average Bonchev–Trinajstić information content (AvgIpc) is 2.97. The second kappa shape index (κ2) is 8.01. The minimum absolute atomic E-state index is 0.467. The van der Waals surface area contributed by atoms with Crippen LogP contribution in [0, 0.1) is 5.92 Å². The molecule has 1 saturated heterocycles. The normalized spacial score (nSPS) is 16.9. The highest BCUT2D eigenvalue weighted by Gasteiger charge is 2.15. The van der Waals surface area contributed by atoms with Gasteiger partial charge in [0, 0.05) is 29.2 Å². The first-order valence-corrected chi connectivity index (χ1v) is 9.18. The van der Waals surface area contributed by atoms with Crippen LogP contribution in [0.5, 0.6) is 0 Å². The molecule has 0 aromatic heterocycles. The van der Waals surface area contributed by atoms with E-state index >= 15 is 0 Å². The van der Waals surface area contributed by atoms with Crippen molar-refractivity contribution in [3.63, 3.8) is 0 Å². The maximum Gasteiger partial charge on any atom is 0.107 e. The van der Waals surface area contributed by atoms with Gasteiger partial charge in [0.25, 0.3) is 0 Å². The van der Waals surface area contributed by atoms with E-state index < -0.39 is 0 Å². The molecule has 0 radical (unpaired) electrons. The minimum atomic E-state index is 0.467. The number of nitrogens with zero attached hydrogens (tertiary/aromatic N) is 1. The molecule has 3 nitrogen and oxygen atoms in total. The number of likely N-dealkylation sites (tertiary alicyclic amines) is 1. The van der Waals surface area contributed by atoms with Gasteiger partial charge in [0.2, 0.25) is 0 Å². The summed E-state index contributed by atoms with van der Waals surface area (Å²) in [6, 6.07) is 6.19. The fourth-order valence-electron chi connectivity index (χ4n) is 2.86. The van der Waals surface area contributed by atoms with Crippen LogP contribution >= 0.6 is 24.0 Å². The molecule has 1 heterocycles. The number of thioether (sulfide) groups is 1. The van der Waals surface area contributed by atoms with Crippen molar-refractivity contribution in [2.24, 2.45) is 11.7 Å². The molecule has 1 aliphatic heterocycles. The molecule has 116 valence electrons. The fourth-order valence-corrected chi connectivity index (χ4v) is 3.78. The molecule has 0 aliphatic carbocycles. The van der Waals surface area contributed by atoms with Gasteiger partial charge in [0.15, 0.2) is 0 Å². The summed E-state index contributed by atoms with van der Waals surface area (Å²) in [5.41, 5.74) is 7.94. The van der Waals surface area contributed by atoms with Crippen LogP contribution in [-0.4, -0.2) is 42.3 Å². The summed E-state index contributed by atoms with van der Waals surface area (Å²) >= 11 is 6.90. The van der Waals surface area contributed by atoms with Crippen molar-refractivity contribution < 1.29 is 0 Å². The minimum Gasteiger partial charge on any atom is -0.389 e. The van der Waals surface area contributed by atoms with E-state index in [0.29, 0.717) is 10.9 Å². The third-order valence-electron chi connectivity index (χ3n) is 3.90. The molecule has 0 amide bonds. The molecule has 1 atom stereocenters. The van der Waals surface area contributed by atoms with Crippen molar-refractivity contribution >= 4 is 34.7 Å². The maximum absolute atomic E-state index is 5.90. The second-order valence-corrected chi connectivity index (χ2v) is 7.03. The molecule has 21 heavy (non-hydrogen) atoms. The first kappa shape index (κ1) is 16.6. The van der Waals surface area contributed by atoms with Crippen LogP contribution in [0.1, 0.15) is 25.3 Å². The highest BCUT2D eigenvalue weighted by molar-refractivity contribution is 7.98. The van der Waals surface area contributed by atoms with Crippen molar-refractivity contribution in [3.05, 3.63) is 23.8 Å². The van der Waals surface area contributed by atoms with Gasteiger partial charge in [-0.15, -0.1) is 11.8 Å². The van der Waals surface area contributed by atoms with E-state index in [4.69, 9.17) is 18.0 Å². The van der Waals surface area contributed by atoms with Gasteiger partial charge < -0.3 is 16.0 Å². The summed E-state index contributed by atoms with van der Waals surface area (Å²) in [5, 5.41) is 3.54. The summed E-state index contributed by atoms with van der Waals surface area (Å²) in [6.07, 6.45) is 4.75. The number of nitrogens with one attached hydrogen (secondary N) is 1. The van der Waals surface area contributed by atoms with E-state index in [-0.39, 0.29) is 0 Å². The average molecular weight is 324 g/mol. The van der Waals surface area contributed by atoms with Crippen LogP contribution in [0.2, 0.25) is 0 Å². The van der Waals surface area contributed by atoms with Gasteiger partial charge in [0.1, 0.15) is 4.99 Å². The van der Waals surface area contributed by atoms with Crippen LogP contribution < -0.4 is 11.1 Å². The van der Waals surface area contributed by atoms with Crippen molar-refractivity contribution in [2.75, 3.05) is 37.8 Å². The van der Waals surface area contributed by atoms with Crippen molar-refractivity contribution in [1.29, 1.82) is 0 Å². The quantitative estimate of drug-likeness (QED) is 0.596. The predicted molar refractivity (Wildman–Crippen MR) is 97.4 cm³/mol. The van der Waals surface area contributed by atoms with E-state index in [0.717, 1.165) is 29.2 Å². The van der Waals surface area contributed by atoms with Gasteiger partial charge in [-0.2, -0.15) is 0 Å². The van der Waals surface area contributed by atoms with Gasteiger partial charge in [-0.3, -0.25) is 0 Å². The third-order valence-corrected chi connectivity index (χ3v) is 4.89. The molecular weight excluding hydrogens is 298 g/mol. The number of rotatable bonds is 7. The van der Waals surface area contributed by atoms with Crippen molar-refractivity contribution in [3.8, 4) is 0 Å². The third kappa shape index (κ3) is 4.59. The summed E-state index contributed by atoms with van der Waals surface area (Å²) in [7, 11) is 0. The zero-order chi connectivity index (χ0) is 15.2. The molecule has 1 aromatic carbocycles. The van der Waals surface area contributed by atoms with E-state index in [9.17, 15) is 0 Å². The fraction of sp³-hybridized carbons (Fsp3) is 0.562. The number of benzene rings is 1. The number of hydrogen-bond donors (Lipinski definition) is 2. The Morgan fingerprint density at radius 1 is 1.43 bits per heavy atom.